The highest BCUT2D eigenvalue weighted by atomic mass is 79.9. The summed E-state index contributed by atoms with van der Waals surface area (Å²) in [5.41, 5.74) is 0. The fourth-order valence-corrected chi connectivity index (χ4v) is 3.76. The Labute approximate surface area is 127 Å². The number of sulfonamides is 1. The lowest BCUT2D eigenvalue weighted by Crippen LogP contribution is -2.16. The van der Waals surface area contributed by atoms with Crippen LogP contribution in [-0.2, 0) is 10.0 Å². The number of hydrogen-bond donors (Lipinski definition) is 1. The molecule has 0 spiro atoms. The Morgan fingerprint density at radius 2 is 1.95 bits per heavy atom. The molecule has 0 aliphatic carbocycles. The van der Waals surface area contributed by atoms with E-state index in [2.05, 4.69) is 25.6 Å². The minimum Gasteiger partial charge on any atom is -0.263 e. The average molecular weight is 384 g/mol. The van der Waals surface area contributed by atoms with Gasteiger partial charge in [0.1, 0.15) is 22.3 Å². The molecular formula is C11H6BrClF2N2O2S. The first-order valence-corrected chi connectivity index (χ1v) is 7.74. The number of anilines is 1. The van der Waals surface area contributed by atoms with E-state index in [-0.39, 0.29) is 15.3 Å². The van der Waals surface area contributed by atoms with Gasteiger partial charge in [-0.15, -0.1) is 0 Å². The molecule has 1 aromatic carbocycles. The summed E-state index contributed by atoms with van der Waals surface area (Å²) < 4.78 is 52.6. The molecule has 0 amide bonds. The van der Waals surface area contributed by atoms with E-state index in [0.717, 1.165) is 6.07 Å². The molecule has 0 aliphatic rings. The molecule has 1 N–H and O–H groups in total. The second kappa shape index (κ2) is 5.63. The minimum absolute atomic E-state index is 0.0758. The van der Waals surface area contributed by atoms with Crippen LogP contribution < -0.4 is 4.72 Å². The van der Waals surface area contributed by atoms with Crippen LogP contribution in [0.5, 0.6) is 0 Å². The van der Waals surface area contributed by atoms with Gasteiger partial charge < -0.3 is 0 Å². The molecule has 0 bridgehead atoms. The van der Waals surface area contributed by atoms with Gasteiger partial charge in [-0.1, -0.05) is 11.6 Å². The zero-order chi connectivity index (χ0) is 14.9. The van der Waals surface area contributed by atoms with Gasteiger partial charge >= 0.3 is 0 Å². The van der Waals surface area contributed by atoms with Crippen LogP contribution >= 0.6 is 27.5 Å². The smallest absolute Gasteiger partial charge is 0.263 e. The Hall–Kier alpha value is -1.25. The standard InChI is InChI=1S/C11H6BrClF2N2O2S/c12-8-4-7(14)5-9(15)11(8)20(18,19)17-10-3-6(13)1-2-16-10/h1-5H,(H,16,17). The summed E-state index contributed by atoms with van der Waals surface area (Å²) >= 11 is 8.51. The Balaban J connectivity index is 2.46. The van der Waals surface area contributed by atoms with Crippen molar-refractivity contribution in [1.82, 2.24) is 4.98 Å². The fraction of sp³-hybridized carbons (Fsp3) is 0. The largest absolute Gasteiger partial charge is 0.267 e. The van der Waals surface area contributed by atoms with Crippen LogP contribution in [0.25, 0.3) is 0 Å². The molecule has 0 saturated heterocycles. The van der Waals surface area contributed by atoms with E-state index in [4.69, 9.17) is 11.6 Å². The molecule has 2 rings (SSSR count). The maximum Gasteiger partial charge on any atom is 0.267 e. The van der Waals surface area contributed by atoms with Crippen molar-refractivity contribution in [3.05, 3.63) is 51.6 Å². The maximum absolute atomic E-state index is 13.7. The molecule has 20 heavy (non-hydrogen) atoms. The van der Waals surface area contributed by atoms with E-state index in [1.54, 1.807) is 0 Å². The number of hydrogen-bond acceptors (Lipinski definition) is 3. The Morgan fingerprint density at radius 3 is 2.55 bits per heavy atom. The zero-order valence-electron chi connectivity index (χ0n) is 9.57. The number of benzene rings is 1. The zero-order valence-corrected chi connectivity index (χ0v) is 12.7. The molecule has 9 heteroatoms. The molecule has 0 atom stereocenters. The summed E-state index contributed by atoms with van der Waals surface area (Å²) in [6.07, 6.45) is 1.29. The van der Waals surface area contributed by atoms with Crippen molar-refractivity contribution in [3.8, 4) is 0 Å². The van der Waals surface area contributed by atoms with Crippen molar-refractivity contribution in [2.45, 2.75) is 4.90 Å². The number of nitrogens with zero attached hydrogens (tertiary/aromatic N) is 1. The third-order valence-corrected chi connectivity index (χ3v) is 4.75. The van der Waals surface area contributed by atoms with Crippen LogP contribution in [0.15, 0.2) is 39.8 Å². The summed E-state index contributed by atoms with van der Waals surface area (Å²) in [5, 5.41) is 0.261. The Bertz CT molecular complexity index is 748. The Kier molecular flexibility index (Phi) is 4.26. The lowest BCUT2D eigenvalue weighted by atomic mass is 10.3. The number of nitrogens with one attached hydrogen (secondary N) is 1. The minimum atomic E-state index is -4.27. The molecule has 0 unspecified atom stereocenters. The van der Waals surface area contributed by atoms with Gasteiger partial charge in [-0.2, -0.15) is 0 Å². The molecule has 0 fully saturated rings. The van der Waals surface area contributed by atoms with Crippen molar-refractivity contribution < 1.29 is 17.2 Å². The molecule has 1 aromatic heterocycles. The third kappa shape index (κ3) is 3.25. The summed E-state index contributed by atoms with van der Waals surface area (Å²) in [7, 11) is -4.27. The normalized spacial score (nSPS) is 11.4. The van der Waals surface area contributed by atoms with Gasteiger partial charge in [0, 0.05) is 27.8 Å². The van der Waals surface area contributed by atoms with E-state index in [0.29, 0.717) is 6.07 Å². The second-order valence-electron chi connectivity index (χ2n) is 3.66. The van der Waals surface area contributed by atoms with E-state index < -0.39 is 26.6 Å². The lowest BCUT2D eigenvalue weighted by Gasteiger charge is -2.10. The van der Waals surface area contributed by atoms with E-state index in [1.165, 1.54) is 18.3 Å². The first kappa shape index (κ1) is 15.1. The monoisotopic (exact) mass is 382 g/mol. The second-order valence-corrected chi connectivity index (χ2v) is 6.57. The predicted octanol–water partition coefficient (Wildman–Crippen LogP) is 3.58. The van der Waals surface area contributed by atoms with Crippen LogP contribution in [0.3, 0.4) is 0 Å². The average Bonchev–Trinajstić information content (AvgIpc) is 2.25. The molecule has 0 radical (unpaired) electrons. The lowest BCUT2D eigenvalue weighted by molar-refractivity contribution is 0.548. The summed E-state index contributed by atoms with van der Waals surface area (Å²) in [5.74, 6) is -2.19. The molecule has 106 valence electrons. The highest BCUT2D eigenvalue weighted by Crippen LogP contribution is 2.28. The molecule has 0 saturated carbocycles. The van der Waals surface area contributed by atoms with Gasteiger partial charge in [-0.3, -0.25) is 4.72 Å². The van der Waals surface area contributed by atoms with Crippen molar-refractivity contribution in [2.24, 2.45) is 0 Å². The highest BCUT2D eigenvalue weighted by molar-refractivity contribution is 9.10. The van der Waals surface area contributed by atoms with E-state index in [9.17, 15) is 17.2 Å². The fourth-order valence-electron chi connectivity index (χ4n) is 1.43. The van der Waals surface area contributed by atoms with Gasteiger partial charge in [0.25, 0.3) is 10.0 Å². The van der Waals surface area contributed by atoms with E-state index >= 15 is 0 Å². The number of halogens is 4. The Morgan fingerprint density at radius 1 is 1.25 bits per heavy atom. The first-order valence-electron chi connectivity index (χ1n) is 5.08. The van der Waals surface area contributed by atoms with Crippen molar-refractivity contribution in [1.29, 1.82) is 0 Å². The number of rotatable bonds is 3. The topological polar surface area (TPSA) is 59.1 Å². The van der Waals surface area contributed by atoms with Gasteiger partial charge in [0.2, 0.25) is 0 Å². The van der Waals surface area contributed by atoms with Crippen molar-refractivity contribution >= 4 is 43.4 Å². The van der Waals surface area contributed by atoms with Gasteiger partial charge in [-0.25, -0.2) is 22.2 Å². The third-order valence-electron chi connectivity index (χ3n) is 2.19. The highest BCUT2D eigenvalue weighted by Gasteiger charge is 2.24. The summed E-state index contributed by atoms with van der Waals surface area (Å²) in [6.45, 7) is 0. The summed E-state index contributed by atoms with van der Waals surface area (Å²) in [6, 6.07) is 4.04. The van der Waals surface area contributed by atoms with Crippen LogP contribution in [0.4, 0.5) is 14.6 Å². The van der Waals surface area contributed by atoms with Gasteiger partial charge in [-0.05, 0) is 28.1 Å². The van der Waals surface area contributed by atoms with Crippen LogP contribution in [-0.4, -0.2) is 13.4 Å². The molecule has 2 aromatic rings. The predicted molar refractivity (Wildman–Crippen MR) is 74.1 cm³/mol. The SMILES string of the molecule is O=S(=O)(Nc1cc(Cl)ccn1)c1c(F)cc(F)cc1Br. The van der Waals surface area contributed by atoms with Crippen LogP contribution in [0.2, 0.25) is 5.02 Å². The van der Waals surface area contributed by atoms with Crippen LogP contribution in [0, 0.1) is 11.6 Å². The number of aromatic nitrogens is 1. The molecule has 4 nitrogen and oxygen atoms in total. The first-order chi connectivity index (χ1) is 9.29. The number of pyridine rings is 1. The van der Waals surface area contributed by atoms with E-state index in [1.807, 2.05) is 0 Å². The van der Waals surface area contributed by atoms with Gasteiger partial charge in [0.05, 0.1) is 0 Å². The quantitative estimate of drug-likeness (QED) is 0.881. The summed E-state index contributed by atoms with van der Waals surface area (Å²) in [4.78, 5) is 3.03. The van der Waals surface area contributed by atoms with Crippen molar-refractivity contribution in [3.63, 3.8) is 0 Å². The van der Waals surface area contributed by atoms with Gasteiger partial charge in [0.15, 0.2) is 0 Å². The van der Waals surface area contributed by atoms with Crippen LogP contribution in [0.1, 0.15) is 0 Å². The molecular weight excluding hydrogens is 378 g/mol. The maximum atomic E-state index is 13.7. The molecule has 0 aliphatic heterocycles. The van der Waals surface area contributed by atoms with Crippen molar-refractivity contribution in [2.75, 3.05) is 4.72 Å². The molecule has 1 heterocycles.